The van der Waals surface area contributed by atoms with E-state index in [1.807, 2.05) is 31.0 Å². The van der Waals surface area contributed by atoms with Gasteiger partial charge in [0.2, 0.25) is 0 Å². The Kier molecular flexibility index (Phi) is 20.8. The lowest BCUT2D eigenvalue weighted by atomic mass is 9.95. The third-order valence-corrected chi connectivity index (χ3v) is 23.4. The Hall–Kier alpha value is -14.7. The van der Waals surface area contributed by atoms with E-state index in [-0.39, 0.29) is 0 Å². The first kappa shape index (κ1) is 75.3. The van der Waals surface area contributed by atoms with E-state index in [2.05, 4.69) is 376 Å². The third-order valence-electron chi connectivity index (χ3n) is 23.4. The minimum Gasteiger partial charge on any atom is -0.261 e. The molecule has 0 aliphatic heterocycles. The van der Waals surface area contributed by atoms with Crippen LogP contribution in [0.4, 0.5) is 0 Å². The average Bonchev–Trinajstić information content (AvgIpc) is 0.780. The monoisotopic (exact) mass is 1550 g/mol. The van der Waals surface area contributed by atoms with E-state index in [9.17, 15) is 0 Å². The summed E-state index contributed by atoms with van der Waals surface area (Å²) in [5.41, 5.74) is 11.6. The van der Waals surface area contributed by atoms with Crippen molar-refractivity contribution in [1.29, 1.82) is 0 Å². The third kappa shape index (κ3) is 13.8. The Balaban J connectivity index is 0.0000000952. The van der Waals surface area contributed by atoms with Crippen LogP contribution in [0.3, 0.4) is 0 Å². The van der Waals surface area contributed by atoms with Gasteiger partial charge in [-0.25, -0.2) is 29.9 Å². The quantitative estimate of drug-likeness (QED) is 0.148. The molecule has 6 heterocycles. The summed E-state index contributed by atoms with van der Waals surface area (Å²) in [7, 11) is 0. The van der Waals surface area contributed by atoms with Crippen LogP contribution < -0.4 is 0 Å². The minimum absolute atomic E-state index is 0.858. The number of rotatable bonds is 6. The van der Waals surface area contributed by atoms with Crippen LogP contribution in [-0.4, -0.2) is 49.8 Å². The van der Waals surface area contributed by atoms with Crippen molar-refractivity contribution in [3.8, 4) is 0 Å². The van der Waals surface area contributed by atoms with Crippen molar-refractivity contribution in [2.75, 3.05) is 0 Å². The van der Waals surface area contributed by atoms with E-state index in [0.717, 1.165) is 122 Å². The minimum atomic E-state index is 0.858. The van der Waals surface area contributed by atoms with E-state index in [0.29, 0.717) is 0 Å². The van der Waals surface area contributed by atoms with Gasteiger partial charge in [0, 0.05) is 114 Å². The highest BCUT2D eigenvalue weighted by molar-refractivity contribution is 6.29. The van der Waals surface area contributed by atoms with Crippen molar-refractivity contribution in [2.24, 2.45) is 0 Å². The summed E-state index contributed by atoms with van der Waals surface area (Å²) in [5, 5.41) is 36.1. The molecule has 0 amide bonds. The zero-order chi connectivity index (χ0) is 81.2. The van der Waals surface area contributed by atoms with Crippen LogP contribution in [0.25, 0.3) is 195 Å². The van der Waals surface area contributed by atoms with Crippen LogP contribution in [-0.2, 0) is 38.5 Å². The summed E-state index contributed by atoms with van der Waals surface area (Å²) in [6, 6.07) is 109. The highest BCUT2D eigenvalue weighted by Gasteiger charge is 2.17. The zero-order valence-electron chi connectivity index (χ0n) is 68.0. The topological polar surface area (TPSA) is 129 Å². The molecule has 0 N–H and O–H groups in total. The van der Waals surface area contributed by atoms with Crippen molar-refractivity contribution < 1.29 is 0 Å². The van der Waals surface area contributed by atoms with Crippen LogP contribution >= 0.6 is 0 Å². The molecule has 0 radical (unpaired) electrons. The largest absolute Gasteiger partial charge is 0.261 e. The van der Waals surface area contributed by atoms with Gasteiger partial charge < -0.3 is 0 Å². The lowest BCUT2D eigenvalue weighted by Crippen LogP contribution is -1.94. The molecule has 0 spiro atoms. The smallest absolute Gasteiger partial charge is 0.128 e. The number of fused-ring (bicyclic) bond motifs is 36. The average molecular weight is 1550 g/mol. The summed E-state index contributed by atoms with van der Waals surface area (Å²) in [5.74, 6) is 1.80. The Morgan fingerprint density at radius 3 is 0.650 bits per heavy atom. The van der Waals surface area contributed by atoms with Gasteiger partial charge in [-0.2, -0.15) is 0 Å². The van der Waals surface area contributed by atoms with Gasteiger partial charge in [0.05, 0.1) is 50.0 Å². The van der Waals surface area contributed by atoms with E-state index in [4.69, 9.17) is 24.9 Å². The standard InChI is InChI=1S/2C19H15N.4C18H14N2/c1-2-13-11-18-16-9-5-3-7-14(16)15-8-4-6-10-17(15)19(18)12-20-13;1-2-13-11-12-18-16-9-4-3-7-14(16)15-8-5-6-10-17(15)19(18)20-13;2*1-2-12-11-19-17-15-9-5-3-7-13(15)14-8-4-6-10-16(14)18(17)20-12;2*1-2-17-19-11-16-14-9-4-3-7-12(14)13-8-5-6-10-15(13)18(16)20-17/h2*3-12H,2H2,1H3;4*3-11H,2H2,1H3. The van der Waals surface area contributed by atoms with E-state index in [1.54, 1.807) is 0 Å². The van der Waals surface area contributed by atoms with Gasteiger partial charge in [-0.1, -0.05) is 339 Å². The van der Waals surface area contributed by atoms with Crippen molar-refractivity contribution in [3.05, 3.63) is 375 Å². The number of benzene rings is 18. The molecule has 0 saturated carbocycles. The molecule has 0 aliphatic carbocycles. The summed E-state index contributed by atoms with van der Waals surface area (Å²) in [6.45, 7) is 12.7. The lowest BCUT2D eigenvalue weighted by molar-refractivity contribution is 0.963. The molecule has 0 bridgehead atoms. The number of hydrogen-bond donors (Lipinski definition) is 0. The van der Waals surface area contributed by atoms with Crippen molar-refractivity contribution >= 4 is 195 Å². The van der Waals surface area contributed by atoms with Gasteiger partial charge >= 0.3 is 0 Å². The molecule has 24 aromatic rings. The molecule has 10 heteroatoms. The highest BCUT2D eigenvalue weighted by Crippen LogP contribution is 2.41. The Labute approximate surface area is 695 Å². The van der Waals surface area contributed by atoms with E-state index in [1.165, 1.54) is 145 Å². The number of nitrogens with zero attached hydrogens (tertiary/aromatic N) is 10. The SMILES string of the molecule is CCc1cc2c3ccccc3c3ccccc3c2cn1.CCc1ccc2c3ccccc3c3ccccc3c2n1.CCc1cnc2c3ccccc3c3ccccc3c2n1.CCc1cnc2c3ccccc3c3ccccc3c2n1.CCc1ncc2c3ccccc3c3ccccc3c2n1.CCc1ncc2c3ccccc3c3ccccc3c2n1. The molecule has 0 aliphatic rings. The Morgan fingerprint density at radius 2 is 0.358 bits per heavy atom. The second kappa shape index (κ2) is 33.1. The van der Waals surface area contributed by atoms with Gasteiger partial charge in [0.15, 0.2) is 0 Å². The van der Waals surface area contributed by atoms with Crippen LogP contribution in [0.15, 0.2) is 340 Å². The van der Waals surface area contributed by atoms with Gasteiger partial charge in [0.1, 0.15) is 11.6 Å². The molecule has 24 rings (SSSR count). The molecule has 6 aromatic heterocycles. The number of pyridine rings is 2. The fraction of sp³-hybridized carbons (Fsp3) is 0.109. The number of aromatic nitrogens is 10. The zero-order valence-corrected chi connectivity index (χ0v) is 68.0. The van der Waals surface area contributed by atoms with Crippen molar-refractivity contribution in [3.63, 3.8) is 0 Å². The summed E-state index contributed by atoms with van der Waals surface area (Å²) in [6.07, 6.45) is 15.2. The number of hydrogen-bond acceptors (Lipinski definition) is 10. The predicted molar refractivity (Wildman–Crippen MR) is 508 cm³/mol. The molecule has 0 unspecified atom stereocenters. The summed E-state index contributed by atoms with van der Waals surface area (Å²) >= 11 is 0. The molecule has 576 valence electrons. The van der Waals surface area contributed by atoms with Crippen LogP contribution in [0.1, 0.15) is 76.0 Å². The molecule has 120 heavy (non-hydrogen) atoms. The molecule has 0 fully saturated rings. The van der Waals surface area contributed by atoms with Gasteiger partial charge in [-0.3, -0.25) is 19.9 Å². The Bertz CT molecular complexity index is 6660. The molecule has 10 nitrogen and oxygen atoms in total. The maximum atomic E-state index is 4.87. The predicted octanol–water partition coefficient (Wildman–Crippen LogP) is 28.2. The van der Waals surface area contributed by atoms with Crippen LogP contribution in [0, 0.1) is 0 Å². The van der Waals surface area contributed by atoms with E-state index < -0.39 is 0 Å². The summed E-state index contributed by atoms with van der Waals surface area (Å²) < 4.78 is 0. The highest BCUT2D eigenvalue weighted by atomic mass is 14.9. The second-order valence-electron chi connectivity index (χ2n) is 30.3. The van der Waals surface area contributed by atoms with Crippen LogP contribution in [0.2, 0.25) is 0 Å². The molecule has 18 aromatic carbocycles. The molecular weight excluding hydrogens is 1460 g/mol. The first-order chi connectivity index (χ1) is 59.3. The number of aryl methyl sites for hydroxylation is 6. The van der Waals surface area contributed by atoms with Gasteiger partial charge in [-0.15, -0.1) is 0 Å². The van der Waals surface area contributed by atoms with Crippen molar-refractivity contribution in [1.82, 2.24) is 49.8 Å². The van der Waals surface area contributed by atoms with Gasteiger partial charge in [-0.05, 0) is 135 Å². The maximum absolute atomic E-state index is 4.87. The maximum Gasteiger partial charge on any atom is 0.128 e. The summed E-state index contributed by atoms with van der Waals surface area (Å²) in [4.78, 5) is 46.9. The molecule has 0 saturated heterocycles. The first-order valence-electron chi connectivity index (χ1n) is 41.9. The van der Waals surface area contributed by atoms with Crippen molar-refractivity contribution in [2.45, 2.75) is 80.1 Å². The molecule has 0 atom stereocenters. The second-order valence-corrected chi connectivity index (χ2v) is 30.3. The Morgan fingerprint density at radius 1 is 0.142 bits per heavy atom. The first-order valence-corrected chi connectivity index (χ1v) is 41.9. The lowest BCUT2D eigenvalue weighted by Gasteiger charge is -2.10. The normalized spacial score (nSPS) is 11.4. The van der Waals surface area contributed by atoms with Gasteiger partial charge in [0.25, 0.3) is 0 Å². The molecular formula is C110H86N10. The van der Waals surface area contributed by atoms with Crippen LogP contribution in [0.5, 0.6) is 0 Å². The fourth-order valence-electron chi connectivity index (χ4n) is 17.4. The fourth-order valence-corrected chi connectivity index (χ4v) is 17.4. The van der Waals surface area contributed by atoms with E-state index >= 15 is 0 Å².